The fourth-order valence-electron chi connectivity index (χ4n) is 4.33. The van der Waals surface area contributed by atoms with E-state index >= 15 is 0 Å². The Kier molecular flexibility index (Phi) is 8.95. The van der Waals surface area contributed by atoms with Crippen molar-refractivity contribution in [1.82, 2.24) is 29.8 Å². The summed E-state index contributed by atoms with van der Waals surface area (Å²) in [4.78, 5) is 38.9. The average molecular weight is 568 g/mol. The van der Waals surface area contributed by atoms with Gasteiger partial charge in [0.2, 0.25) is 17.8 Å². The van der Waals surface area contributed by atoms with Crippen LogP contribution in [0.1, 0.15) is 35.2 Å². The summed E-state index contributed by atoms with van der Waals surface area (Å²) in [6.45, 7) is 4.08. The number of pyridine rings is 1. The highest BCUT2D eigenvalue weighted by molar-refractivity contribution is 7.16. The van der Waals surface area contributed by atoms with E-state index in [4.69, 9.17) is 9.97 Å². The summed E-state index contributed by atoms with van der Waals surface area (Å²) < 4.78 is 1.08. The second-order valence-corrected chi connectivity index (χ2v) is 10.8. The van der Waals surface area contributed by atoms with Gasteiger partial charge in [-0.05, 0) is 48.2 Å². The topological polar surface area (TPSA) is 112 Å². The number of fused-ring (bicyclic) bond motifs is 1. The number of carbonyl (C=O) groups is 1. The number of nitrogens with zero attached hydrogens (tertiary/aromatic N) is 7. The van der Waals surface area contributed by atoms with Crippen molar-refractivity contribution in [3.63, 3.8) is 0 Å². The van der Waals surface area contributed by atoms with E-state index in [0.717, 1.165) is 22.3 Å². The third-order valence-electron chi connectivity index (χ3n) is 6.73. The van der Waals surface area contributed by atoms with Gasteiger partial charge in [0, 0.05) is 51.8 Å². The Morgan fingerprint density at radius 2 is 1.80 bits per heavy atom. The van der Waals surface area contributed by atoms with Crippen LogP contribution in [-0.2, 0) is 0 Å². The lowest BCUT2D eigenvalue weighted by Crippen LogP contribution is -2.31. The van der Waals surface area contributed by atoms with Crippen molar-refractivity contribution in [2.24, 2.45) is 0 Å². The van der Waals surface area contributed by atoms with Crippen LogP contribution in [0.2, 0.25) is 0 Å². The van der Waals surface area contributed by atoms with Crippen molar-refractivity contribution in [2.75, 3.05) is 49.3 Å². The Morgan fingerprint density at radius 3 is 2.61 bits per heavy atom. The SMILES string of the molecule is CC(CNc1nc(Nc2ccc3ncsc3c2)nc(N(C)CCCN(C)C(=O)c2cccnc2)n1)c1ccccc1. The maximum Gasteiger partial charge on any atom is 0.255 e. The van der Waals surface area contributed by atoms with E-state index in [1.165, 1.54) is 5.56 Å². The zero-order valence-electron chi connectivity index (χ0n) is 23.4. The molecule has 1 atom stereocenters. The Morgan fingerprint density at radius 1 is 0.976 bits per heavy atom. The number of amides is 1. The molecule has 0 radical (unpaired) electrons. The molecule has 0 aliphatic rings. The third kappa shape index (κ3) is 7.31. The molecule has 0 fully saturated rings. The van der Waals surface area contributed by atoms with Gasteiger partial charge in [-0.2, -0.15) is 15.0 Å². The van der Waals surface area contributed by atoms with Crippen LogP contribution in [0.15, 0.2) is 78.6 Å². The number of hydrogen-bond donors (Lipinski definition) is 2. The molecule has 0 saturated heterocycles. The summed E-state index contributed by atoms with van der Waals surface area (Å²) in [5, 5.41) is 6.74. The van der Waals surface area contributed by atoms with Gasteiger partial charge in [-0.25, -0.2) is 4.98 Å². The second kappa shape index (κ2) is 13.1. The minimum atomic E-state index is -0.0515. The van der Waals surface area contributed by atoms with Crippen molar-refractivity contribution < 1.29 is 4.79 Å². The largest absolute Gasteiger partial charge is 0.353 e. The molecule has 10 nitrogen and oxygen atoms in total. The van der Waals surface area contributed by atoms with E-state index in [9.17, 15) is 4.79 Å². The van der Waals surface area contributed by atoms with Gasteiger partial charge in [0.15, 0.2) is 0 Å². The maximum absolute atomic E-state index is 12.7. The molecule has 0 spiro atoms. The van der Waals surface area contributed by atoms with Crippen LogP contribution in [0.25, 0.3) is 10.2 Å². The van der Waals surface area contributed by atoms with Crippen molar-refractivity contribution in [2.45, 2.75) is 19.3 Å². The second-order valence-electron chi connectivity index (χ2n) is 9.88. The van der Waals surface area contributed by atoms with Gasteiger partial charge in [0.25, 0.3) is 5.91 Å². The van der Waals surface area contributed by atoms with E-state index in [1.54, 1.807) is 47.8 Å². The van der Waals surface area contributed by atoms with Crippen molar-refractivity contribution in [3.05, 3.63) is 89.7 Å². The first kappa shape index (κ1) is 27.9. The highest BCUT2D eigenvalue weighted by Gasteiger charge is 2.15. The molecule has 1 amide bonds. The lowest BCUT2D eigenvalue weighted by molar-refractivity contribution is 0.0794. The van der Waals surface area contributed by atoms with Crippen molar-refractivity contribution >= 4 is 51.0 Å². The number of benzene rings is 2. The van der Waals surface area contributed by atoms with Crippen LogP contribution in [0, 0.1) is 0 Å². The van der Waals surface area contributed by atoms with Crippen LogP contribution < -0.4 is 15.5 Å². The molecule has 11 heteroatoms. The summed E-state index contributed by atoms with van der Waals surface area (Å²) in [5.41, 5.74) is 5.49. The van der Waals surface area contributed by atoms with Gasteiger partial charge in [-0.15, -0.1) is 11.3 Å². The summed E-state index contributed by atoms with van der Waals surface area (Å²) in [5.74, 6) is 1.70. The quantitative estimate of drug-likeness (QED) is 0.204. The van der Waals surface area contributed by atoms with Crippen LogP contribution in [0.4, 0.5) is 23.5 Å². The first-order valence-corrected chi connectivity index (χ1v) is 14.4. The Hall–Kier alpha value is -4.64. The molecule has 0 aliphatic heterocycles. The Balaban J connectivity index is 1.28. The van der Waals surface area contributed by atoms with Crippen LogP contribution in [-0.4, -0.2) is 69.5 Å². The molecular formula is C30H33N9OS. The van der Waals surface area contributed by atoms with Gasteiger partial charge >= 0.3 is 0 Å². The smallest absolute Gasteiger partial charge is 0.255 e. The molecule has 0 saturated carbocycles. The predicted molar refractivity (Wildman–Crippen MR) is 165 cm³/mol. The molecule has 5 aromatic rings. The number of thiazole rings is 1. The van der Waals surface area contributed by atoms with Gasteiger partial charge < -0.3 is 20.4 Å². The molecule has 41 heavy (non-hydrogen) atoms. The molecule has 1 unspecified atom stereocenters. The molecule has 3 aromatic heterocycles. The molecule has 2 aromatic carbocycles. The van der Waals surface area contributed by atoms with Crippen molar-refractivity contribution in [3.8, 4) is 0 Å². The average Bonchev–Trinajstić information content (AvgIpc) is 3.48. The van der Waals surface area contributed by atoms with Crippen LogP contribution >= 0.6 is 11.3 Å². The van der Waals surface area contributed by atoms with E-state index in [0.29, 0.717) is 43.0 Å². The first-order chi connectivity index (χ1) is 20.0. The van der Waals surface area contributed by atoms with Crippen LogP contribution in [0.5, 0.6) is 0 Å². The summed E-state index contributed by atoms with van der Waals surface area (Å²) in [7, 11) is 3.75. The minimum Gasteiger partial charge on any atom is -0.353 e. The minimum absolute atomic E-state index is 0.0515. The standard InChI is InChI=1S/C30H33N9OS/c1-21(22-9-5-4-6-10-22)18-32-28-35-29(34-24-12-13-25-26(17-24)41-20-33-25)37-30(36-28)39(3)16-8-15-38(2)27(40)23-11-7-14-31-19-23/h4-7,9-14,17,19-21H,8,15-16,18H2,1-3H3,(H2,32,34,35,36,37). The number of nitrogens with one attached hydrogen (secondary N) is 2. The molecule has 5 rings (SSSR count). The molecule has 210 valence electrons. The van der Waals surface area contributed by atoms with Gasteiger partial charge in [0.1, 0.15) is 0 Å². The Labute approximate surface area is 243 Å². The van der Waals surface area contributed by atoms with Crippen LogP contribution in [0.3, 0.4) is 0 Å². The summed E-state index contributed by atoms with van der Waals surface area (Å²) >= 11 is 1.59. The fraction of sp³-hybridized carbons (Fsp3) is 0.267. The highest BCUT2D eigenvalue weighted by Crippen LogP contribution is 2.24. The predicted octanol–water partition coefficient (Wildman–Crippen LogP) is 5.43. The first-order valence-electron chi connectivity index (χ1n) is 13.5. The van der Waals surface area contributed by atoms with Crippen molar-refractivity contribution in [1.29, 1.82) is 0 Å². The zero-order chi connectivity index (χ0) is 28.6. The summed E-state index contributed by atoms with van der Waals surface area (Å²) in [6, 6.07) is 19.9. The number of aromatic nitrogens is 5. The van der Waals surface area contributed by atoms with Gasteiger partial charge in [0.05, 0.1) is 21.3 Å². The van der Waals surface area contributed by atoms with E-state index in [1.807, 2.05) is 53.9 Å². The van der Waals surface area contributed by atoms with E-state index in [2.05, 4.69) is 44.6 Å². The zero-order valence-corrected chi connectivity index (χ0v) is 24.2. The summed E-state index contributed by atoms with van der Waals surface area (Å²) in [6.07, 6.45) is 3.99. The number of carbonyl (C=O) groups excluding carboxylic acids is 1. The number of anilines is 4. The highest BCUT2D eigenvalue weighted by atomic mass is 32.1. The molecule has 0 bridgehead atoms. The van der Waals surface area contributed by atoms with E-state index in [-0.39, 0.29) is 11.8 Å². The number of rotatable bonds is 12. The van der Waals surface area contributed by atoms with E-state index < -0.39 is 0 Å². The third-order valence-corrected chi connectivity index (χ3v) is 7.52. The van der Waals surface area contributed by atoms with Gasteiger partial charge in [-0.3, -0.25) is 9.78 Å². The lowest BCUT2D eigenvalue weighted by Gasteiger charge is -2.22. The molecule has 0 aliphatic carbocycles. The monoisotopic (exact) mass is 567 g/mol. The normalized spacial score (nSPS) is 11.7. The molecule has 3 heterocycles. The molecule has 2 N–H and O–H groups in total. The molecular weight excluding hydrogens is 534 g/mol. The maximum atomic E-state index is 12.7. The lowest BCUT2D eigenvalue weighted by atomic mass is 10.0. The number of hydrogen-bond acceptors (Lipinski definition) is 10. The fourth-order valence-corrected chi connectivity index (χ4v) is 5.05. The Bertz CT molecular complexity index is 1580. The van der Waals surface area contributed by atoms with Gasteiger partial charge in [-0.1, -0.05) is 37.3 Å².